The minimum atomic E-state index is -5.23. The van der Waals surface area contributed by atoms with Gasteiger partial charge in [0.1, 0.15) is 46.5 Å². The van der Waals surface area contributed by atoms with Gasteiger partial charge in [-0.05, 0) is 95.2 Å². The maximum atomic E-state index is 15.6. The van der Waals surface area contributed by atoms with Crippen LogP contribution in [0.4, 0.5) is 43.9 Å². The summed E-state index contributed by atoms with van der Waals surface area (Å²) in [6.45, 7) is 5.28. The van der Waals surface area contributed by atoms with Crippen LogP contribution in [0, 0.1) is 34.8 Å². The van der Waals surface area contributed by atoms with Crippen LogP contribution < -0.4 is 5.32 Å². The van der Waals surface area contributed by atoms with Crippen LogP contribution in [-0.2, 0) is 78.4 Å². The van der Waals surface area contributed by atoms with Crippen molar-refractivity contribution in [1.82, 2.24) is 34.2 Å². The normalized spacial score (nSPS) is 17.2. The second-order valence-electron chi connectivity index (χ2n) is 20.8. The number of nitrogens with one attached hydrogen (secondary N) is 1. The number of fused-ring (bicyclic) bond motifs is 4. The number of pyridine rings is 1. The fraction of sp³-hybridized carbons (Fsp3) is 0.469. The molecule has 2 amide bonds. The number of sulfone groups is 1. The first-order valence-electron chi connectivity index (χ1n) is 23.1. The number of amides is 2. The topological polar surface area (TPSA) is 199 Å². The Hall–Kier alpha value is -6.11. The predicted molar refractivity (Wildman–Crippen MR) is 256 cm³/mol. The predicted octanol–water partition coefficient (Wildman–Crippen LogP) is 9.17. The molecule has 416 valence electrons. The fourth-order valence-electron chi connectivity index (χ4n) is 8.94. The molecule has 2 aliphatic rings. The molecule has 1 fully saturated rings. The summed E-state index contributed by atoms with van der Waals surface area (Å²) < 4.78 is 203. The largest absolute Gasteiger partial charge is 0.755 e. The summed E-state index contributed by atoms with van der Waals surface area (Å²) in [5, 5.41) is 9.18. The highest BCUT2D eigenvalue weighted by atomic mass is 35.5. The number of carbonyl (C=O) groups is 3. The molecule has 2 aromatic carbocycles. The zero-order chi connectivity index (χ0) is 57.5. The number of nitrogens with zero attached hydrogens (tertiary/aromatic N) is 6. The molecule has 4 atom stereocenters. The van der Waals surface area contributed by atoms with Gasteiger partial charge in [0.25, 0.3) is 5.92 Å². The molecule has 2 aliphatic carbocycles. The van der Waals surface area contributed by atoms with E-state index in [4.69, 9.17) is 16.3 Å². The van der Waals surface area contributed by atoms with Crippen LogP contribution in [0.15, 0.2) is 42.5 Å². The molecular weight excluding hydrogens is 1100 g/mol. The van der Waals surface area contributed by atoms with Gasteiger partial charge in [-0.3, -0.25) is 32.3 Å². The quantitative estimate of drug-likeness (QED) is 0.0454. The van der Waals surface area contributed by atoms with Gasteiger partial charge < -0.3 is 14.6 Å². The van der Waals surface area contributed by atoms with Gasteiger partial charge in [-0.25, -0.2) is 22.2 Å². The standard InChI is InChI=1S/C49H48ClF10N7O8S2/c1-44(2,3)75-36(69)20-45(4,5)43(70)67(76(71)72)21-34-38-32(50)12-11-29(40(38)66(63-34)23-47(53,54)55)28-10-9-27(13-14-46(6,7)77(8,73)74)61-39(28)33(17-24-15-25(51)18-26(52)16-24)62-35(68)22-65-42-37(41(64-65)49(58,59)60)30-19-31(30)48(42,56)57/h9-12,15-16,18,30-31,33H,17,19-23H2,1-8H3,(H,62,68)(H,71,72)/p-1/t30-,31+,33?/m0/s1. The summed E-state index contributed by atoms with van der Waals surface area (Å²) >= 11 is 3.22. The summed E-state index contributed by atoms with van der Waals surface area (Å²) in [4.78, 5) is 45.6. The molecule has 7 rings (SSSR count). The van der Waals surface area contributed by atoms with E-state index in [2.05, 4.69) is 32.3 Å². The lowest BCUT2D eigenvalue weighted by molar-refractivity contribution is -0.160. The third-order valence-corrected chi connectivity index (χ3v) is 15.6. The van der Waals surface area contributed by atoms with Crippen LogP contribution in [0.25, 0.3) is 22.0 Å². The Morgan fingerprint density at radius 2 is 1.58 bits per heavy atom. The number of hydrogen-bond donors (Lipinski definition) is 1. The maximum absolute atomic E-state index is 15.6. The minimum absolute atomic E-state index is 0.198. The van der Waals surface area contributed by atoms with Crippen molar-refractivity contribution in [2.24, 2.45) is 11.3 Å². The highest BCUT2D eigenvalue weighted by Crippen LogP contribution is 2.68. The van der Waals surface area contributed by atoms with E-state index >= 15 is 8.78 Å². The van der Waals surface area contributed by atoms with Gasteiger partial charge >= 0.3 is 18.3 Å². The molecule has 28 heteroatoms. The first-order chi connectivity index (χ1) is 35.2. The Bertz CT molecular complexity index is 3410. The number of rotatable bonds is 15. The van der Waals surface area contributed by atoms with Gasteiger partial charge in [0.05, 0.1) is 57.6 Å². The molecule has 1 N–H and O–H groups in total. The molecular formula is C49H47ClF10N7O8S2-. The monoisotopic (exact) mass is 1150 g/mol. The third-order valence-electron chi connectivity index (χ3n) is 12.7. The summed E-state index contributed by atoms with van der Waals surface area (Å²) in [6.07, 6.45) is -11.1. The first-order valence-corrected chi connectivity index (χ1v) is 26.4. The number of ether oxygens (including phenoxy) is 1. The van der Waals surface area contributed by atoms with Crippen LogP contribution in [0.1, 0.15) is 113 Å². The molecule has 5 aromatic rings. The fourth-order valence-corrected chi connectivity index (χ4v) is 10.0. The van der Waals surface area contributed by atoms with Crippen LogP contribution >= 0.6 is 11.6 Å². The van der Waals surface area contributed by atoms with E-state index in [-0.39, 0.29) is 48.2 Å². The Labute approximate surface area is 441 Å². The van der Waals surface area contributed by atoms with Gasteiger partial charge in [-0.1, -0.05) is 37.4 Å². The van der Waals surface area contributed by atoms with Crippen molar-refractivity contribution in [2.45, 2.75) is 128 Å². The van der Waals surface area contributed by atoms with Crippen LogP contribution in [0.5, 0.6) is 0 Å². The molecule has 2 unspecified atom stereocenters. The molecule has 3 aromatic heterocycles. The molecule has 0 spiro atoms. The van der Waals surface area contributed by atoms with Gasteiger partial charge in [-0.2, -0.15) is 45.3 Å². The van der Waals surface area contributed by atoms with Crippen molar-refractivity contribution in [1.29, 1.82) is 0 Å². The van der Waals surface area contributed by atoms with E-state index in [0.29, 0.717) is 10.7 Å². The summed E-state index contributed by atoms with van der Waals surface area (Å²) in [7, 11) is -3.91. The Morgan fingerprint density at radius 1 is 0.961 bits per heavy atom. The lowest BCUT2D eigenvalue weighted by atomic mass is 9.88. The van der Waals surface area contributed by atoms with Crippen LogP contribution in [0.2, 0.25) is 5.02 Å². The number of alkyl halides is 8. The summed E-state index contributed by atoms with van der Waals surface area (Å²) in [5.74, 6) is -7.13. The molecule has 77 heavy (non-hydrogen) atoms. The van der Waals surface area contributed by atoms with Gasteiger partial charge in [0.2, 0.25) is 11.8 Å². The first kappa shape index (κ1) is 58.6. The zero-order valence-corrected chi connectivity index (χ0v) is 44.3. The smallest absolute Gasteiger partial charge is 0.435 e. The Balaban J connectivity index is 1.43. The minimum Gasteiger partial charge on any atom is -0.755 e. The summed E-state index contributed by atoms with van der Waals surface area (Å²) in [5.41, 5.74) is -8.97. The van der Waals surface area contributed by atoms with Crippen molar-refractivity contribution in [3.63, 3.8) is 0 Å². The average molecular weight is 1150 g/mol. The Kier molecular flexibility index (Phi) is 15.4. The number of esters is 1. The van der Waals surface area contributed by atoms with E-state index in [0.717, 1.165) is 30.5 Å². The molecule has 0 aliphatic heterocycles. The summed E-state index contributed by atoms with van der Waals surface area (Å²) in [6, 6.07) is 4.98. The van der Waals surface area contributed by atoms with Gasteiger partial charge in [-0.15, -0.1) is 0 Å². The molecule has 0 bridgehead atoms. The van der Waals surface area contributed by atoms with Crippen molar-refractivity contribution >= 4 is 61.4 Å². The Morgan fingerprint density at radius 3 is 2.16 bits per heavy atom. The van der Waals surface area contributed by atoms with Crippen LogP contribution in [0.3, 0.4) is 0 Å². The maximum Gasteiger partial charge on any atom is 0.435 e. The number of hydrogen-bond acceptors (Lipinski definition) is 11. The van der Waals surface area contributed by atoms with E-state index in [1.165, 1.54) is 39.8 Å². The second kappa shape index (κ2) is 20.3. The second-order valence-corrected chi connectivity index (χ2v) is 24.7. The number of aromatic nitrogens is 5. The van der Waals surface area contributed by atoms with Gasteiger partial charge in [0.15, 0.2) is 15.5 Å². The van der Waals surface area contributed by atoms with Crippen molar-refractivity contribution in [2.75, 3.05) is 6.26 Å². The zero-order valence-electron chi connectivity index (χ0n) is 41.9. The van der Waals surface area contributed by atoms with E-state index < -0.39 is 169 Å². The van der Waals surface area contributed by atoms with E-state index in [9.17, 15) is 66.7 Å². The highest BCUT2D eigenvalue weighted by Gasteiger charge is 2.68. The molecule has 1 saturated carbocycles. The van der Waals surface area contributed by atoms with Crippen LogP contribution in [-0.4, -0.2) is 86.6 Å². The van der Waals surface area contributed by atoms with Crippen molar-refractivity contribution < 1.29 is 80.2 Å². The average Bonchev–Trinajstić information content (AvgIpc) is 3.78. The van der Waals surface area contributed by atoms with E-state index in [1.807, 2.05) is 0 Å². The number of carbonyl (C=O) groups excluding carboxylic acids is 3. The van der Waals surface area contributed by atoms with Crippen molar-refractivity contribution in [3.8, 4) is 23.0 Å². The van der Waals surface area contributed by atoms with Gasteiger partial charge in [0, 0.05) is 40.3 Å². The third kappa shape index (κ3) is 12.6. The molecule has 0 saturated heterocycles. The molecule has 15 nitrogen and oxygen atoms in total. The number of halogens is 11. The van der Waals surface area contributed by atoms with E-state index in [1.54, 1.807) is 20.8 Å². The SMILES string of the molecule is CC(C)(C)OC(=O)CC(C)(C)C(=O)N(Cc1nn(CC(F)(F)F)c2c(-c3ccc(C#CC(C)(C)S(C)(=O)=O)nc3C(Cc3cc(F)cc(F)c3)NC(=O)Cn3nc(C(F)(F)F)c4c3C(F)(F)[C@@H]3C[C@H]43)ccc(Cl)c12)S(=O)[O-]. The highest BCUT2D eigenvalue weighted by molar-refractivity contribution is 7.92. The molecule has 3 heterocycles. The lowest BCUT2D eigenvalue weighted by Crippen LogP contribution is -2.43. The number of benzene rings is 2. The molecule has 0 radical (unpaired) electrons. The lowest BCUT2D eigenvalue weighted by Gasteiger charge is -2.32. The van der Waals surface area contributed by atoms with Crippen molar-refractivity contribution in [3.05, 3.63) is 98.7 Å².